The van der Waals surface area contributed by atoms with Gasteiger partial charge in [0, 0.05) is 0 Å². The fourth-order valence-electron chi connectivity index (χ4n) is 1.83. The minimum atomic E-state index is -0.236. The van der Waals surface area contributed by atoms with Gasteiger partial charge in [-0.2, -0.15) is 0 Å². The van der Waals surface area contributed by atoms with Gasteiger partial charge >= 0.3 is 5.97 Å². The summed E-state index contributed by atoms with van der Waals surface area (Å²) >= 11 is 0. The number of ether oxygens (including phenoxy) is 2. The monoisotopic (exact) mass is 168 g/mol. The molecule has 0 radical (unpaired) electrons. The van der Waals surface area contributed by atoms with Crippen LogP contribution in [0, 0.1) is 0 Å². The molecule has 3 nitrogen and oxygen atoms in total. The van der Waals surface area contributed by atoms with E-state index in [4.69, 9.17) is 4.74 Å². The summed E-state index contributed by atoms with van der Waals surface area (Å²) < 4.78 is 10.2. The van der Waals surface area contributed by atoms with Gasteiger partial charge in [-0.25, -0.2) is 4.79 Å². The normalized spacial score (nSPS) is 32.9. The van der Waals surface area contributed by atoms with Crippen LogP contribution in [0.4, 0.5) is 0 Å². The van der Waals surface area contributed by atoms with Gasteiger partial charge in [-0.3, -0.25) is 0 Å². The van der Waals surface area contributed by atoms with Crippen molar-refractivity contribution in [1.82, 2.24) is 0 Å². The molecule has 0 aromatic heterocycles. The average molecular weight is 168 g/mol. The minimum Gasteiger partial charge on any atom is -0.466 e. The number of hydrogen-bond acceptors (Lipinski definition) is 3. The van der Waals surface area contributed by atoms with Gasteiger partial charge in [-0.1, -0.05) is 6.08 Å². The van der Waals surface area contributed by atoms with Crippen LogP contribution in [0.5, 0.6) is 0 Å². The van der Waals surface area contributed by atoms with Gasteiger partial charge in [0.1, 0.15) is 0 Å². The Morgan fingerprint density at radius 3 is 3.25 bits per heavy atom. The summed E-state index contributed by atoms with van der Waals surface area (Å²) in [4.78, 5) is 11.2. The molecule has 12 heavy (non-hydrogen) atoms. The van der Waals surface area contributed by atoms with Gasteiger partial charge in [-0.05, 0) is 19.3 Å². The Balaban J connectivity index is 2.15. The van der Waals surface area contributed by atoms with E-state index in [1.165, 1.54) is 7.11 Å². The molecule has 2 aliphatic rings. The Kier molecular flexibility index (Phi) is 1.89. The SMILES string of the molecule is COC(=O)C1=CCC2CC[C@H]1O2. The van der Waals surface area contributed by atoms with Crippen LogP contribution in [0.2, 0.25) is 0 Å². The molecule has 1 fully saturated rings. The molecule has 0 N–H and O–H groups in total. The lowest BCUT2D eigenvalue weighted by Crippen LogP contribution is -2.23. The molecule has 2 rings (SSSR count). The predicted octanol–water partition coefficient (Wildman–Crippen LogP) is 1.04. The second-order valence-electron chi connectivity index (χ2n) is 3.21. The summed E-state index contributed by atoms with van der Waals surface area (Å²) in [5, 5.41) is 0. The van der Waals surface area contributed by atoms with Crippen LogP contribution in [-0.4, -0.2) is 25.3 Å². The Morgan fingerprint density at radius 1 is 1.67 bits per heavy atom. The summed E-state index contributed by atoms with van der Waals surface area (Å²) in [5.41, 5.74) is 0.714. The second-order valence-corrected chi connectivity index (χ2v) is 3.21. The van der Waals surface area contributed by atoms with Crippen molar-refractivity contribution >= 4 is 5.97 Å². The van der Waals surface area contributed by atoms with Crippen LogP contribution in [-0.2, 0) is 14.3 Å². The summed E-state index contributed by atoms with van der Waals surface area (Å²) in [7, 11) is 1.41. The van der Waals surface area contributed by atoms with Crippen LogP contribution in [0.15, 0.2) is 11.6 Å². The van der Waals surface area contributed by atoms with Gasteiger partial charge in [-0.15, -0.1) is 0 Å². The van der Waals surface area contributed by atoms with Crippen LogP contribution < -0.4 is 0 Å². The van der Waals surface area contributed by atoms with Gasteiger partial charge in [0.15, 0.2) is 0 Å². The van der Waals surface area contributed by atoms with Crippen molar-refractivity contribution in [3.8, 4) is 0 Å². The molecule has 2 atom stereocenters. The minimum absolute atomic E-state index is 0.0104. The number of fused-ring (bicyclic) bond motifs is 2. The van der Waals surface area contributed by atoms with Gasteiger partial charge in [0.25, 0.3) is 0 Å². The summed E-state index contributed by atoms with van der Waals surface area (Å²) in [6.07, 6.45) is 5.21. The van der Waals surface area contributed by atoms with Gasteiger partial charge < -0.3 is 9.47 Å². The molecule has 2 heterocycles. The third-order valence-corrected chi connectivity index (χ3v) is 2.48. The lowest BCUT2D eigenvalue weighted by molar-refractivity contribution is -0.138. The van der Waals surface area contributed by atoms with Crippen LogP contribution >= 0.6 is 0 Å². The molecule has 1 unspecified atom stereocenters. The quantitative estimate of drug-likeness (QED) is 0.549. The lowest BCUT2D eigenvalue weighted by atomic mass is 10.1. The lowest BCUT2D eigenvalue weighted by Gasteiger charge is -2.19. The van der Waals surface area contributed by atoms with Crippen molar-refractivity contribution in [3.63, 3.8) is 0 Å². The summed E-state index contributed by atoms with van der Waals surface area (Å²) in [6, 6.07) is 0. The van der Waals surface area contributed by atoms with E-state index >= 15 is 0 Å². The molecule has 0 amide bonds. The molecule has 0 aliphatic carbocycles. The number of rotatable bonds is 1. The molecule has 0 spiro atoms. The van der Waals surface area contributed by atoms with Crippen molar-refractivity contribution in [1.29, 1.82) is 0 Å². The molecule has 0 aromatic rings. The third kappa shape index (κ3) is 1.14. The van der Waals surface area contributed by atoms with E-state index in [-0.39, 0.29) is 12.1 Å². The van der Waals surface area contributed by atoms with Crippen LogP contribution in [0.1, 0.15) is 19.3 Å². The molecule has 66 valence electrons. The van der Waals surface area contributed by atoms with Gasteiger partial charge in [0.2, 0.25) is 0 Å². The molecule has 2 bridgehead atoms. The Labute approximate surface area is 71.3 Å². The maximum absolute atomic E-state index is 11.2. The first-order valence-corrected chi connectivity index (χ1v) is 4.25. The Morgan fingerprint density at radius 2 is 2.50 bits per heavy atom. The molecular formula is C9H12O3. The standard InChI is InChI=1S/C9H12O3/c1-11-9(10)7-4-2-6-3-5-8(7)12-6/h4,6,8H,2-3,5H2,1H3/t6?,8-/m1/s1. The van der Waals surface area contributed by atoms with Gasteiger partial charge in [0.05, 0.1) is 24.9 Å². The Bertz CT molecular complexity index is 232. The number of hydrogen-bond donors (Lipinski definition) is 0. The summed E-state index contributed by atoms with van der Waals surface area (Å²) in [5.74, 6) is -0.236. The highest BCUT2D eigenvalue weighted by atomic mass is 16.5. The highest BCUT2D eigenvalue weighted by molar-refractivity contribution is 5.89. The van der Waals surface area contributed by atoms with E-state index in [1.54, 1.807) is 0 Å². The molecule has 2 aliphatic heterocycles. The molecule has 1 saturated heterocycles. The first-order valence-electron chi connectivity index (χ1n) is 4.25. The first-order chi connectivity index (χ1) is 5.81. The Hall–Kier alpha value is -0.830. The molecule has 0 aromatic carbocycles. The van der Waals surface area contributed by atoms with E-state index < -0.39 is 0 Å². The van der Waals surface area contributed by atoms with E-state index in [9.17, 15) is 4.79 Å². The van der Waals surface area contributed by atoms with Crippen molar-refractivity contribution < 1.29 is 14.3 Å². The largest absolute Gasteiger partial charge is 0.466 e. The molecular weight excluding hydrogens is 156 g/mol. The average Bonchev–Trinajstić information content (AvgIpc) is 2.47. The molecule has 3 heteroatoms. The fourth-order valence-corrected chi connectivity index (χ4v) is 1.83. The number of carbonyl (C=O) groups excluding carboxylic acids is 1. The van der Waals surface area contributed by atoms with Crippen molar-refractivity contribution in [2.45, 2.75) is 31.5 Å². The third-order valence-electron chi connectivity index (χ3n) is 2.48. The highest BCUT2D eigenvalue weighted by Gasteiger charge is 2.34. The fraction of sp³-hybridized carbons (Fsp3) is 0.667. The van der Waals surface area contributed by atoms with E-state index in [0.717, 1.165) is 19.3 Å². The number of methoxy groups -OCH3 is 1. The van der Waals surface area contributed by atoms with Crippen molar-refractivity contribution in [3.05, 3.63) is 11.6 Å². The topological polar surface area (TPSA) is 35.5 Å². The zero-order valence-electron chi connectivity index (χ0n) is 7.08. The first kappa shape index (κ1) is 7.80. The van der Waals surface area contributed by atoms with Crippen molar-refractivity contribution in [2.24, 2.45) is 0 Å². The summed E-state index contributed by atoms with van der Waals surface area (Å²) in [6.45, 7) is 0. The van der Waals surface area contributed by atoms with E-state index in [0.29, 0.717) is 11.7 Å². The second kappa shape index (κ2) is 2.90. The zero-order valence-corrected chi connectivity index (χ0v) is 7.08. The maximum Gasteiger partial charge on any atom is 0.336 e. The maximum atomic E-state index is 11.2. The van der Waals surface area contributed by atoms with Crippen molar-refractivity contribution in [2.75, 3.05) is 7.11 Å². The zero-order chi connectivity index (χ0) is 8.55. The molecule has 0 saturated carbocycles. The van der Waals surface area contributed by atoms with E-state index in [2.05, 4.69) is 4.74 Å². The highest BCUT2D eigenvalue weighted by Crippen LogP contribution is 2.32. The number of esters is 1. The van der Waals surface area contributed by atoms with Crippen LogP contribution in [0.3, 0.4) is 0 Å². The smallest absolute Gasteiger partial charge is 0.336 e. The predicted molar refractivity (Wildman–Crippen MR) is 42.6 cm³/mol. The number of carbonyl (C=O) groups is 1. The van der Waals surface area contributed by atoms with Crippen LogP contribution in [0.25, 0.3) is 0 Å². The van der Waals surface area contributed by atoms with E-state index in [1.807, 2.05) is 6.08 Å².